The van der Waals surface area contributed by atoms with Gasteiger partial charge >= 0.3 is 5.97 Å². The predicted octanol–water partition coefficient (Wildman–Crippen LogP) is 1.69. The third-order valence-electron chi connectivity index (χ3n) is 4.48. The Morgan fingerprint density at radius 2 is 2.15 bits per heavy atom. The van der Waals surface area contributed by atoms with Gasteiger partial charge < -0.3 is 10.4 Å². The van der Waals surface area contributed by atoms with E-state index in [-0.39, 0.29) is 17.7 Å². The van der Waals surface area contributed by atoms with Gasteiger partial charge in [-0.3, -0.25) is 14.9 Å². The van der Waals surface area contributed by atoms with Gasteiger partial charge in [-0.25, -0.2) is 0 Å². The van der Waals surface area contributed by atoms with E-state index < -0.39 is 10.9 Å². The molecule has 6 heteroatoms. The van der Waals surface area contributed by atoms with E-state index in [1.165, 1.54) is 0 Å². The molecule has 3 rings (SSSR count). The van der Waals surface area contributed by atoms with Crippen LogP contribution in [-0.2, 0) is 11.2 Å². The lowest BCUT2D eigenvalue weighted by molar-refractivity contribution is -0.385. The number of rotatable bonds is 4. The molecule has 1 heterocycles. The van der Waals surface area contributed by atoms with E-state index in [9.17, 15) is 14.9 Å². The SMILES string of the molecule is O=C(O)Cc1ccc(C2CC3(CNC3)C2)cc1[N+](=O)[O-]. The van der Waals surface area contributed by atoms with E-state index in [1.807, 2.05) is 6.07 Å². The molecule has 1 aromatic carbocycles. The highest BCUT2D eigenvalue weighted by molar-refractivity contribution is 5.72. The molecule has 1 saturated heterocycles. The number of nitrogens with zero attached hydrogens (tertiary/aromatic N) is 1. The second-order valence-electron chi connectivity index (χ2n) is 5.92. The third-order valence-corrected chi connectivity index (χ3v) is 4.48. The summed E-state index contributed by atoms with van der Waals surface area (Å²) >= 11 is 0. The van der Waals surface area contributed by atoms with Crippen LogP contribution < -0.4 is 5.32 Å². The molecule has 6 nitrogen and oxygen atoms in total. The lowest BCUT2D eigenvalue weighted by atomic mass is 9.57. The number of carboxylic acid groups (broad SMARTS) is 1. The standard InChI is InChI=1S/C14H16N2O4/c17-13(18)4-10-2-1-9(3-12(10)16(19)20)11-5-14(6-11)7-15-8-14/h1-3,11,15H,4-8H2,(H,17,18). The fourth-order valence-electron chi connectivity index (χ4n) is 3.31. The highest BCUT2D eigenvalue weighted by Gasteiger charge is 2.48. The van der Waals surface area contributed by atoms with Crippen molar-refractivity contribution in [1.82, 2.24) is 5.32 Å². The number of nitro groups is 1. The first-order chi connectivity index (χ1) is 9.49. The van der Waals surface area contributed by atoms with Gasteiger partial charge in [0, 0.05) is 24.7 Å². The molecule has 1 aliphatic heterocycles. The Morgan fingerprint density at radius 1 is 1.45 bits per heavy atom. The Kier molecular flexibility index (Phi) is 2.97. The Hall–Kier alpha value is -1.95. The first-order valence-electron chi connectivity index (χ1n) is 6.69. The predicted molar refractivity (Wildman–Crippen MR) is 71.7 cm³/mol. The van der Waals surface area contributed by atoms with Crippen LogP contribution in [-0.4, -0.2) is 29.1 Å². The van der Waals surface area contributed by atoms with Gasteiger partial charge in [-0.05, 0) is 29.7 Å². The van der Waals surface area contributed by atoms with Gasteiger partial charge in [0.05, 0.1) is 11.3 Å². The van der Waals surface area contributed by atoms with E-state index in [0.717, 1.165) is 31.5 Å². The zero-order valence-electron chi connectivity index (χ0n) is 11.0. The summed E-state index contributed by atoms with van der Waals surface area (Å²) in [6.45, 7) is 2.09. The summed E-state index contributed by atoms with van der Waals surface area (Å²) in [6, 6.07) is 4.99. The highest BCUT2D eigenvalue weighted by Crippen LogP contribution is 2.53. The van der Waals surface area contributed by atoms with Crippen molar-refractivity contribution < 1.29 is 14.8 Å². The maximum Gasteiger partial charge on any atom is 0.308 e. The van der Waals surface area contributed by atoms with Gasteiger partial charge in [-0.1, -0.05) is 12.1 Å². The molecule has 1 aromatic rings. The number of hydrogen-bond donors (Lipinski definition) is 2. The quantitative estimate of drug-likeness (QED) is 0.645. The van der Waals surface area contributed by atoms with Crippen LogP contribution >= 0.6 is 0 Å². The number of nitro benzene ring substituents is 1. The molecule has 0 radical (unpaired) electrons. The van der Waals surface area contributed by atoms with Crippen LogP contribution in [0, 0.1) is 15.5 Å². The maximum absolute atomic E-state index is 11.1. The van der Waals surface area contributed by atoms with Crippen LogP contribution in [0.5, 0.6) is 0 Å². The lowest BCUT2D eigenvalue weighted by Gasteiger charge is -2.54. The molecular weight excluding hydrogens is 260 g/mol. The normalized spacial score (nSPS) is 20.2. The molecule has 0 aromatic heterocycles. The molecule has 0 amide bonds. The van der Waals surface area contributed by atoms with Gasteiger partial charge in [0.15, 0.2) is 0 Å². The van der Waals surface area contributed by atoms with Crippen LogP contribution in [0.1, 0.15) is 29.9 Å². The molecule has 2 aliphatic rings. The number of carbonyl (C=O) groups is 1. The number of nitrogens with one attached hydrogen (secondary N) is 1. The van der Waals surface area contributed by atoms with Crippen LogP contribution in [0.2, 0.25) is 0 Å². The molecule has 0 unspecified atom stereocenters. The first kappa shape index (κ1) is 13.1. The number of aliphatic carboxylic acids is 1. The summed E-state index contributed by atoms with van der Waals surface area (Å²) in [4.78, 5) is 21.3. The Morgan fingerprint density at radius 3 is 2.65 bits per heavy atom. The Balaban J connectivity index is 1.81. The molecule has 106 valence electrons. The zero-order valence-corrected chi connectivity index (χ0v) is 11.0. The molecule has 1 aliphatic carbocycles. The Labute approximate surface area is 115 Å². The second kappa shape index (κ2) is 4.56. The molecule has 0 bridgehead atoms. The van der Waals surface area contributed by atoms with Crippen molar-refractivity contribution in [1.29, 1.82) is 0 Å². The van der Waals surface area contributed by atoms with Gasteiger partial charge in [0.25, 0.3) is 5.69 Å². The summed E-state index contributed by atoms with van der Waals surface area (Å²) in [5.74, 6) is -0.682. The summed E-state index contributed by atoms with van der Waals surface area (Å²) in [6.07, 6.45) is 1.82. The summed E-state index contributed by atoms with van der Waals surface area (Å²) in [7, 11) is 0. The zero-order chi connectivity index (χ0) is 14.3. The average Bonchev–Trinajstić information content (AvgIpc) is 2.25. The van der Waals surface area contributed by atoms with Gasteiger partial charge in [0.2, 0.25) is 0 Å². The fourth-order valence-corrected chi connectivity index (χ4v) is 3.31. The van der Waals surface area contributed by atoms with E-state index >= 15 is 0 Å². The van der Waals surface area contributed by atoms with Crippen molar-refractivity contribution >= 4 is 11.7 Å². The van der Waals surface area contributed by atoms with Crippen molar-refractivity contribution in [2.24, 2.45) is 5.41 Å². The number of benzene rings is 1. The van der Waals surface area contributed by atoms with Crippen LogP contribution in [0.15, 0.2) is 18.2 Å². The highest BCUT2D eigenvalue weighted by atomic mass is 16.6. The van der Waals surface area contributed by atoms with Crippen molar-refractivity contribution in [2.45, 2.75) is 25.2 Å². The minimum Gasteiger partial charge on any atom is -0.481 e. The number of hydrogen-bond acceptors (Lipinski definition) is 4. The van der Waals surface area contributed by atoms with E-state index in [2.05, 4.69) is 5.32 Å². The minimum atomic E-state index is -1.05. The summed E-state index contributed by atoms with van der Waals surface area (Å²) in [5.41, 5.74) is 1.57. The molecule has 2 fully saturated rings. The molecule has 1 spiro atoms. The van der Waals surface area contributed by atoms with E-state index in [4.69, 9.17) is 5.11 Å². The summed E-state index contributed by atoms with van der Waals surface area (Å²) < 4.78 is 0. The van der Waals surface area contributed by atoms with Crippen LogP contribution in [0.3, 0.4) is 0 Å². The molecular formula is C14H16N2O4. The number of carboxylic acids is 1. The second-order valence-corrected chi connectivity index (χ2v) is 5.92. The topological polar surface area (TPSA) is 92.5 Å². The smallest absolute Gasteiger partial charge is 0.308 e. The van der Waals surface area contributed by atoms with Gasteiger partial charge in [0.1, 0.15) is 0 Å². The molecule has 0 atom stereocenters. The fraction of sp³-hybridized carbons (Fsp3) is 0.500. The lowest BCUT2D eigenvalue weighted by Crippen LogP contribution is -2.59. The van der Waals surface area contributed by atoms with Crippen LogP contribution in [0.25, 0.3) is 0 Å². The maximum atomic E-state index is 11.1. The van der Waals surface area contributed by atoms with Crippen molar-refractivity contribution in [3.63, 3.8) is 0 Å². The summed E-state index contributed by atoms with van der Waals surface area (Å²) in [5, 5.41) is 23.1. The van der Waals surface area contributed by atoms with Gasteiger partial charge in [-0.2, -0.15) is 0 Å². The molecule has 2 N–H and O–H groups in total. The largest absolute Gasteiger partial charge is 0.481 e. The first-order valence-corrected chi connectivity index (χ1v) is 6.69. The van der Waals surface area contributed by atoms with Crippen molar-refractivity contribution in [3.8, 4) is 0 Å². The monoisotopic (exact) mass is 276 g/mol. The Bertz CT molecular complexity index is 573. The van der Waals surface area contributed by atoms with E-state index in [0.29, 0.717) is 11.3 Å². The third kappa shape index (κ3) is 2.16. The van der Waals surface area contributed by atoms with Crippen LogP contribution in [0.4, 0.5) is 5.69 Å². The molecule has 20 heavy (non-hydrogen) atoms. The van der Waals surface area contributed by atoms with E-state index in [1.54, 1.807) is 12.1 Å². The van der Waals surface area contributed by atoms with Crippen molar-refractivity contribution in [3.05, 3.63) is 39.4 Å². The van der Waals surface area contributed by atoms with Crippen molar-refractivity contribution in [2.75, 3.05) is 13.1 Å². The average molecular weight is 276 g/mol. The minimum absolute atomic E-state index is 0.0717. The molecule has 1 saturated carbocycles. The van der Waals surface area contributed by atoms with Gasteiger partial charge in [-0.15, -0.1) is 0 Å².